The zero-order valence-electron chi connectivity index (χ0n) is 13.7. The fourth-order valence-electron chi connectivity index (χ4n) is 3.12. The van der Waals surface area contributed by atoms with Crippen LogP contribution >= 0.6 is 23.2 Å². The Kier molecular flexibility index (Phi) is 4.17. The summed E-state index contributed by atoms with van der Waals surface area (Å²) in [5, 5.41) is 5.13. The molecule has 0 aliphatic carbocycles. The lowest BCUT2D eigenvalue weighted by molar-refractivity contribution is 0.0954. The number of aromatic nitrogens is 3. The standard InChI is InChI=1S/C18H13Cl2FN4O/c1-10-9-24(12-2-3-14(19)15(20)7-12)18(26)17-13(8-23-25(10)17)11-4-5-22-16(21)6-11/h2-8,10H,9H2,1H3/t10-/m0/s1/i21-1. The van der Waals surface area contributed by atoms with Gasteiger partial charge in [-0.15, -0.1) is 0 Å². The van der Waals surface area contributed by atoms with Crippen molar-refractivity contribution in [1.29, 1.82) is 0 Å². The summed E-state index contributed by atoms with van der Waals surface area (Å²) >= 11 is 12.1. The van der Waals surface area contributed by atoms with Crippen LogP contribution in [0.15, 0.2) is 42.7 Å². The van der Waals surface area contributed by atoms with Crippen LogP contribution in [0.3, 0.4) is 0 Å². The zero-order chi connectivity index (χ0) is 18.4. The van der Waals surface area contributed by atoms with Crippen LogP contribution in [-0.4, -0.2) is 27.2 Å². The van der Waals surface area contributed by atoms with E-state index in [4.69, 9.17) is 23.2 Å². The van der Waals surface area contributed by atoms with Gasteiger partial charge in [0.2, 0.25) is 5.95 Å². The molecule has 1 amide bonds. The van der Waals surface area contributed by atoms with Crippen LogP contribution in [0.1, 0.15) is 23.5 Å². The van der Waals surface area contributed by atoms with Crippen molar-refractivity contribution in [3.8, 4) is 11.1 Å². The second-order valence-corrected chi connectivity index (χ2v) is 6.90. The SMILES string of the molecule is C[C@H]1CN(c2ccc(Cl)c(Cl)c2)C(=O)c2c(-c3ccnc([18F])c3)cnn21. The van der Waals surface area contributed by atoms with Gasteiger partial charge in [-0.2, -0.15) is 9.49 Å². The number of benzene rings is 1. The predicted molar refractivity (Wildman–Crippen MR) is 98.3 cm³/mol. The molecule has 4 rings (SSSR count). The summed E-state index contributed by atoms with van der Waals surface area (Å²) in [6.07, 6.45) is 2.94. The molecule has 0 spiro atoms. The molecule has 0 N–H and O–H groups in total. The lowest BCUT2D eigenvalue weighted by atomic mass is 10.0. The monoisotopic (exact) mass is 389 g/mol. The Morgan fingerprint density at radius 2 is 2.00 bits per heavy atom. The average molecular weight is 390 g/mol. The number of anilines is 1. The highest BCUT2D eigenvalue weighted by molar-refractivity contribution is 6.42. The molecule has 2 aromatic heterocycles. The number of hydrogen-bond donors (Lipinski definition) is 0. The van der Waals surface area contributed by atoms with E-state index in [2.05, 4.69) is 10.1 Å². The van der Waals surface area contributed by atoms with E-state index < -0.39 is 5.95 Å². The van der Waals surface area contributed by atoms with Gasteiger partial charge in [0.15, 0.2) is 0 Å². The molecule has 1 aliphatic heterocycles. The Morgan fingerprint density at radius 1 is 1.19 bits per heavy atom. The number of hydrogen-bond acceptors (Lipinski definition) is 3. The van der Waals surface area contributed by atoms with E-state index in [0.717, 1.165) is 0 Å². The molecule has 0 fully saturated rings. The van der Waals surface area contributed by atoms with Gasteiger partial charge in [0.05, 0.1) is 22.3 Å². The van der Waals surface area contributed by atoms with Gasteiger partial charge >= 0.3 is 0 Å². The van der Waals surface area contributed by atoms with E-state index in [1.54, 1.807) is 40.0 Å². The normalized spacial score (nSPS) is 16.7. The van der Waals surface area contributed by atoms with Crippen molar-refractivity contribution in [2.75, 3.05) is 11.4 Å². The molecule has 1 aromatic carbocycles. The van der Waals surface area contributed by atoms with Crippen LogP contribution in [0, 0.1) is 5.95 Å². The van der Waals surface area contributed by atoms with E-state index in [1.807, 2.05) is 6.92 Å². The molecule has 1 aliphatic rings. The van der Waals surface area contributed by atoms with Crippen LogP contribution in [0.25, 0.3) is 11.1 Å². The predicted octanol–water partition coefficient (Wildman–Crippen LogP) is 4.61. The zero-order valence-corrected chi connectivity index (χ0v) is 15.2. The first-order valence-electron chi connectivity index (χ1n) is 7.92. The molecule has 132 valence electrons. The lowest BCUT2D eigenvalue weighted by Crippen LogP contribution is -2.42. The number of fused-ring (bicyclic) bond motifs is 1. The van der Waals surface area contributed by atoms with Crippen molar-refractivity contribution in [3.63, 3.8) is 0 Å². The Morgan fingerprint density at radius 3 is 2.73 bits per heavy atom. The average Bonchev–Trinajstić information content (AvgIpc) is 3.06. The Bertz CT molecular complexity index is 1020. The second kappa shape index (κ2) is 6.37. The fourth-order valence-corrected chi connectivity index (χ4v) is 3.41. The summed E-state index contributed by atoms with van der Waals surface area (Å²) in [6.45, 7) is 2.40. The molecule has 3 heterocycles. The third-order valence-corrected chi connectivity index (χ3v) is 5.10. The Hall–Kier alpha value is -2.44. The summed E-state index contributed by atoms with van der Waals surface area (Å²) < 4.78 is 15.2. The number of amides is 1. The second-order valence-electron chi connectivity index (χ2n) is 6.08. The maximum Gasteiger partial charge on any atom is 0.277 e. The molecule has 1 atom stereocenters. The first-order chi connectivity index (χ1) is 12.5. The third kappa shape index (κ3) is 2.75. The van der Waals surface area contributed by atoms with Crippen molar-refractivity contribution in [1.82, 2.24) is 14.8 Å². The van der Waals surface area contributed by atoms with Gasteiger partial charge < -0.3 is 4.90 Å². The number of halogens is 3. The minimum absolute atomic E-state index is 0.0578. The molecular formula is C18H13Cl2FN4O. The van der Waals surface area contributed by atoms with Crippen molar-refractivity contribution in [2.24, 2.45) is 0 Å². The molecule has 0 saturated heterocycles. The van der Waals surface area contributed by atoms with E-state index in [1.165, 1.54) is 12.3 Å². The summed E-state index contributed by atoms with van der Waals surface area (Å²) in [5.41, 5.74) is 2.17. The van der Waals surface area contributed by atoms with Crippen molar-refractivity contribution in [3.05, 3.63) is 64.4 Å². The van der Waals surface area contributed by atoms with Crippen molar-refractivity contribution in [2.45, 2.75) is 13.0 Å². The number of pyridine rings is 1. The van der Waals surface area contributed by atoms with Gasteiger partial charge in [-0.25, -0.2) is 4.98 Å². The molecule has 0 radical (unpaired) electrons. The summed E-state index contributed by atoms with van der Waals surface area (Å²) in [6, 6.07) is 7.94. The smallest absolute Gasteiger partial charge is 0.277 e. The van der Waals surface area contributed by atoms with Crippen molar-refractivity contribution >= 4 is 34.8 Å². The number of nitrogens with zero attached hydrogens (tertiary/aromatic N) is 4. The van der Waals surface area contributed by atoms with Crippen LogP contribution in [0.4, 0.5) is 10.1 Å². The van der Waals surface area contributed by atoms with Crippen LogP contribution in [0.5, 0.6) is 0 Å². The molecule has 0 unspecified atom stereocenters. The third-order valence-electron chi connectivity index (χ3n) is 4.36. The highest BCUT2D eigenvalue weighted by Gasteiger charge is 2.34. The lowest BCUT2D eigenvalue weighted by Gasteiger charge is -2.32. The van der Waals surface area contributed by atoms with E-state index in [9.17, 15) is 9.18 Å². The summed E-state index contributed by atoms with van der Waals surface area (Å²) in [4.78, 5) is 18.4. The van der Waals surface area contributed by atoms with Crippen LogP contribution in [0.2, 0.25) is 10.0 Å². The van der Waals surface area contributed by atoms with E-state index in [-0.39, 0.29) is 11.9 Å². The Labute approximate surface area is 159 Å². The first kappa shape index (κ1) is 17.0. The van der Waals surface area contributed by atoms with E-state index in [0.29, 0.717) is 39.1 Å². The maximum absolute atomic E-state index is 13.5. The topological polar surface area (TPSA) is 51.0 Å². The number of rotatable bonds is 2. The van der Waals surface area contributed by atoms with Gasteiger partial charge in [-0.1, -0.05) is 23.2 Å². The van der Waals surface area contributed by atoms with Gasteiger partial charge in [0, 0.05) is 30.1 Å². The highest BCUT2D eigenvalue weighted by Crippen LogP contribution is 2.34. The molecule has 3 aromatic rings. The van der Waals surface area contributed by atoms with E-state index >= 15 is 0 Å². The van der Waals surface area contributed by atoms with Gasteiger partial charge in [0.1, 0.15) is 5.69 Å². The number of carbonyl (C=O) groups excluding carboxylic acids is 1. The van der Waals surface area contributed by atoms with Crippen LogP contribution < -0.4 is 4.90 Å². The van der Waals surface area contributed by atoms with Gasteiger partial charge in [-0.3, -0.25) is 9.48 Å². The minimum Gasteiger partial charge on any atom is -0.305 e. The molecule has 8 heteroatoms. The van der Waals surface area contributed by atoms with Gasteiger partial charge in [-0.05, 0) is 36.8 Å². The summed E-state index contributed by atoms with van der Waals surface area (Å²) in [5.74, 6) is -0.841. The highest BCUT2D eigenvalue weighted by atomic mass is 35.5. The Balaban J connectivity index is 1.82. The first-order valence-corrected chi connectivity index (χ1v) is 8.67. The molecule has 0 bridgehead atoms. The fraction of sp³-hybridized carbons (Fsp3) is 0.167. The molecule has 0 saturated carbocycles. The largest absolute Gasteiger partial charge is 0.305 e. The van der Waals surface area contributed by atoms with Crippen molar-refractivity contribution < 1.29 is 9.18 Å². The number of carbonyl (C=O) groups is 1. The molecule has 26 heavy (non-hydrogen) atoms. The quantitative estimate of drug-likeness (QED) is 0.601. The minimum atomic E-state index is -0.611. The molecular weight excluding hydrogens is 377 g/mol. The van der Waals surface area contributed by atoms with Gasteiger partial charge in [0.25, 0.3) is 5.91 Å². The maximum atomic E-state index is 13.5. The molecule has 5 nitrogen and oxygen atoms in total. The van der Waals surface area contributed by atoms with Crippen LogP contribution in [-0.2, 0) is 0 Å². The summed E-state index contributed by atoms with van der Waals surface area (Å²) in [7, 11) is 0.